The highest BCUT2D eigenvalue weighted by Crippen LogP contribution is 2.26. The summed E-state index contributed by atoms with van der Waals surface area (Å²) in [7, 11) is 1.77. The fourth-order valence-corrected chi connectivity index (χ4v) is 4.82. The highest BCUT2D eigenvalue weighted by atomic mass is 16.2. The Morgan fingerprint density at radius 1 is 1.03 bits per heavy atom. The van der Waals surface area contributed by atoms with Gasteiger partial charge in [0.2, 0.25) is 11.8 Å². The molecule has 0 aliphatic heterocycles. The standard InChI is InChI=1S/C30H29N3O2/c1-20-26(25-13-6-7-14-27(25)31-20)19-29(34)32-28(17-21-9-4-3-5-10-21)30(35)33(2)24-16-15-22-11-8-12-23(22)18-24/h3-10,12-16,18,28,31H,11,17,19H2,1-2H3,(H,32,34). The number of hydrogen-bond acceptors (Lipinski definition) is 2. The van der Waals surface area contributed by atoms with Gasteiger partial charge in [0.05, 0.1) is 6.42 Å². The molecule has 1 atom stereocenters. The lowest BCUT2D eigenvalue weighted by molar-refractivity contribution is -0.127. The molecular weight excluding hydrogens is 434 g/mol. The fraction of sp³-hybridized carbons (Fsp3) is 0.200. The number of fused-ring (bicyclic) bond motifs is 2. The lowest BCUT2D eigenvalue weighted by Crippen LogP contribution is -2.49. The number of hydrogen-bond donors (Lipinski definition) is 2. The summed E-state index contributed by atoms with van der Waals surface area (Å²) >= 11 is 0. The minimum atomic E-state index is -0.677. The third-order valence-electron chi connectivity index (χ3n) is 6.76. The van der Waals surface area contributed by atoms with Gasteiger partial charge in [0, 0.05) is 35.8 Å². The molecule has 0 spiro atoms. The molecule has 1 aromatic heterocycles. The predicted octanol–water partition coefficient (Wildman–Crippen LogP) is 4.98. The maximum atomic E-state index is 13.7. The SMILES string of the molecule is Cc1[nH]c2ccccc2c1CC(=O)NC(Cc1ccccc1)C(=O)N(C)c1ccc2c(c1)C=CC2. The quantitative estimate of drug-likeness (QED) is 0.406. The smallest absolute Gasteiger partial charge is 0.249 e. The largest absolute Gasteiger partial charge is 0.358 e. The number of nitrogens with zero attached hydrogens (tertiary/aromatic N) is 1. The Bertz CT molecular complexity index is 1420. The van der Waals surface area contributed by atoms with E-state index in [1.165, 1.54) is 5.56 Å². The van der Waals surface area contributed by atoms with Gasteiger partial charge in [-0.3, -0.25) is 9.59 Å². The van der Waals surface area contributed by atoms with Gasteiger partial charge in [0.25, 0.3) is 0 Å². The minimum absolute atomic E-state index is 0.139. The third-order valence-corrected chi connectivity index (χ3v) is 6.76. The minimum Gasteiger partial charge on any atom is -0.358 e. The molecule has 176 valence electrons. The van der Waals surface area contributed by atoms with Crippen LogP contribution < -0.4 is 10.2 Å². The van der Waals surface area contributed by atoms with Crippen molar-refractivity contribution in [3.05, 3.63) is 107 Å². The maximum absolute atomic E-state index is 13.7. The number of aromatic amines is 1. The van der Waals surface area contributed by atoms with E-state index in [1.54, 1.807) is 11.9 Å². The number of aryl methyl sites for hydroxylation is 1. The molecule has 2 N–H and O–H groups in total. The van der Waals surface area contributed by atoms with Crippen molar-refractivity contribution in [2.75, 3.05) is 11.9 Å². The van der Waals surface area contributed by atoms with Gasteiger partial charge >= 0.3 is 0 Å². The molecule has 2 amide bonds. The van der Waals surface area contributed by atoms with E-state index in [0.29, 0.717) is 6.42 Å². The molecule has 0 saturated carbocycles. The Balaban J connectivity index is 1.38. The van der Waals surface area contributed by atoms with Crippen LogP contribution in [-0.4, -0.2) is 29.9 Å². The van der Waals surface area contributed by atoms with Crippen LogP contribution in [0.15, 0.2) is 78.9 Å². The van der Waals surface area contributed by atoms with Crippen molar-refractivity contribution in [2.45, 2.75) is 32.2 Å². The third kappa shape index (κ3) is 4.76. The summed E-state index contributed by atoms with van der Waals surface area (Å²) in [4.78, 5) is 31.9. The summed E-state index contributed by atoms with van der Waals surface area (Å²) in [6.07, 6.45) is 5.77. The molecule has 0 bridgehead atoms. The number of aromatic nitrogens is 1. The van der Waals surface area contributed by atoms with Gasteiger partial charge in [-0.15, -0.1) is 0 Å². The van der Waals surface area contributed by atoms with E-state index in [2.05, 4.69) is 28.5 Å². The Morgan fingerprint density at radius 2 is 1.80 bits per heavy atom. The number of anilines is 1. The summed E-state index contributed by atoms with van der Waals surface area (Å²) in [5.74, 6) is -0.308. The molecule has 5 rings (SSSR count). The molecule has 1 aliphatic carbocycles. The van der Waals surface area contributed by atoms with Crippen LogP contribution in [0.25, 0.3) is 17.0 Å². The van der Waals surface area contributed by atoms with Gasteiger partial charge in [-0.2, -0.15) is 0 Å². The Morgan fingerprint density at radius 3 is 2.63 bits per heavy atom. The summed E-state index contributed by atoms with van der Waals surface area (Å²) in [6.45, 7) is 1.98. The van der Waals surface area contributed by atoms with E-state index < -0.39 is 6.04 Å². The van der Waals surface area contributed by atoms with Gasteiger partial charge in [0.15, 0.2) is 0 Å². The van der Waals surface area contributed by atoms with E-state index in [1.807, 2.05) is 73.7 Å². The van der Waals surface area contributed by atoms with Crippen LogP contribution >= 0.6 is 0 Å². The zero-order valence-corrected chi connectivity index (χ0v) is 20.0. The van der Waals surface area contributed by atoms with Gasteiger partial charge in [-0.1, -0.05) is 66.7 Å². The van der Waals surface area contributed by atoms with E-state index in [0.717, 1.165) is 45.4 Å². The number of H-pyrrole nitrogens is 1. The number of likely N-dealkylation sites (N-methyl/N-ethyl adjacent to an activating group) is 1. The van der Waals surface area contributed by atoms with Gasteiger partial charge in [0.1, 0.15) is 6.04 Å². The lowest BCUT2D eigenvalue weighted by Gasteiger charge is -2.25. The summed E-state index contributed by atoms with van der Waals surface area (Å²) in [5.41, 5.74) is 7.16. The zero-order valence-electron chi connectivity index (χ0n) is 20.0. The van der Waals surface area contributed by atoms with Crippen molar-refractivity contribution in [2.24, 2.45) is 0 Å². The molecule has 1 unspecified atom stereocenters. The summed E-state index contributed by atoms with van der Waals surface area (Å²) in [6, 6.07) is 23.2. The van der Waals surface area contributed by atoms with Gasteiger partial charge < -0.3 is 15.2 Å². The second-order valence-corrected chi connectivity index (χ2v) is 9.15. The topological polar surface area (TPSA) is 65.2 Å². The summed E-state index contributed by atoms with van der Waals surface area (Å²) < 4.78 is 0. The second kappa shape index (κ2) is 9.63. The average molecular weight is 464 g/mol. The predicted molar refractivity (Wildman–Crippen MR) is 141 cm³/mol. The normalized spacial score (nSPS) is 13.0. The first kappa shape index (κ1) is 22.7. The molecule has 0 radical (unpaired) electrons. The maximum Gasteiger partial charge on any atom is 0.249 e. The van der Waals surface area contributed by atoms with Gasteiger partial charge in [-0.25, -0.2) is 0 Å². The molecule has 35 heavy (non-hydrogen) atoms. The van der Waals surface area contributed by atoms with Crippen LogP contribution in [0, 0.1) is 6.92 Å². The van der Waals surface area contributed by atoms with Crippen LogP contribution in [0.2, 0.25) is 0 Å². The molecule has 1 aliphatic rings. The Hall–Kier alpha value is -4.12. The number of benzene rings is 3. The molecule has 3 aromatic carbocycles. The van der Waals surface area contributed by atoms with Crippen LogP contribution in [0.4, 0.5) is 5.69 Å². The second-order valence-electron chi connectivity index (χ2n) is 9.15. The van der Waals surface area contributed by atoms with Gasteiger partial charge in [-0.05, 0) is 53.8 Å². The molecule has 1 heterocycles. The van der Waals surface area contributed by atoms with E-state index in [4.69, 9.17) is 0 Å². The molecular formula is C30H29N3O2. The van der Waals surface area contributed by atoms with Crippen molar-refractivity contribution < 1.29 is 9.59 Å². The van der Waals surface area contributed by atoms with E-state index in [-0.39, 0.29) is 18.2 Å². The van der Waals surface area contributed by atoms with E-state index >= 15 is 0 Å². The first-order valence-electron chi connectivity index (χ1n) is 12.0. The van der Waals surface area contributed by atoms with Crippen molar-refractivity contribution in [3.63, 3.8) is 0 Å². The highest BCUT2D eigenvalue weighted by Gasteiger charge is 2.26. The molecule has 5 nitrogen and oxygen atoms in total. The number of carbonyl (C=O) groups is 2. The Labute approximate surface area is 205 Å². The van der Waals surface area contributed by atoms with Crippen molar-refractivity contribution >= 4 is 34.5 Å². The van der Waals surface area contributed by atoms with Crippen LogP contribution in [0.5, 0.6) is 0 Å². The highest BCUT2D eigenvalue weighted by molar-refractivity contribution is 6.00. The first-order chi connectivity index (χ1) is 17.0. The van der Waals surface area contributed by atoms with E-state index in [9.17, 15) is 9.59 Å². The van der Waals surface area contributed by atoms with Crippen LogP contribution in [0.3, 0.4) is 0 Å². The zero-order chi connectivity index (χ0) is 24.4. The lowest BCUT2D eigenvalue weighted by atomic mass is 10.0. The number of para-hydroxylation sites is 1. The first-order valence-corrected chi connectivity index (χ1v) is 12.0. The van der Waals surface area contributed by atoms with Crippen molar-refractivity contribution in [3.8, 4) is 0 Å². The fourth-order valence-electron chi connectivity index (χ4n) is 4.82. The monoisotopic (exact) mass is 463 g/mol. The Kier molecular flexibility index (Phi) is 6.23. The number of rotatable bonds is 7. The number of nitrogens with one attached hydrogen (secondary N) is 2. The van der Waals surface area contributed by atoms with Crippen LogP contribution in [0.1, 0.15) is 27.9 Å². The van der Waals surface area contributed by atoms with Crippen LogP contribution in [-0.2, 0) is 28.9 Å². The molecule has 0 fully saturated rings. The number of amides is 2. The average Bonchev–Trinajstić information content (AvgIpc) is 3.47. The molecule has 4 aromatic rings. The van der Waals surface area contributed by atoms with Crippen molar-refractivity contribution in [1.29, 1.82) is 0 Å². The number of allylic oxidation sites excluding steroid dienone is 1. The summed E-state index contributed by atoms with van der Waals surface area (Å²) in [5, 5.41) is 4.08. The number of carbonyl (C=O) groups excluding carboxylic acids is 2. The molecule has 0 saturated heterocycles. The van der Waals surface area contributed by atoms with Crippen molar-refractivity contribution in [1.82, 2.24) is 10.3 Å². The molecule has 5 heteroatoms.